The van der Waals surface area contributed by atoms with E-state index >= 15 is 0 Å². The molecular weight excluding hydrogens is 416 g/mol. The second-order valence-corrected chi connectivity index (χ2v) is 6.84. The standard InChI is InChI=1S/C22H18N4O6/c1-13-20(24-32-26(13)29)18-12-19(30-2)22(31-3)17-11-8-15(23-21(17)18)7-4-14-5-9-16(10-6-14)25(27)28/h4-12H,1-3H3/b7-4+. The van der Waals surface area contributed by atoms with Gasteiger partial charge in [0.15, 0.2) is 11.5 Å². The average Bonchev–Trinajstić information content (AvgIpc) is 3.14. The highest BCUT2D eigenvalue weighted by atomic mass is 16.8. The van der Waals surface area contributed by atoms with Crippen LogP contribution in [0.25, 0.3) is 34.3 Å². The summed E-state index contributed by atoms with van der Waals surface area (Å²) in [6.07, 6.45) is 3.58. The highest BCUT2D eigenvalue weighted by molar-refractivity contribution is 5.99. The summed E-state index contributed by atoms with van der Waals surface area (Å²) in [6, 6.07) is 11.5. The molecule has 0 radical (unpaired) electrons. The lowest BCUT2D eigenvalue weighted by Gasteiger charge is -2.13. The monoisotopic (exact) mass is 434 g/mol. The lowest BCUT2D eigenvalue weighted by Crippen LogP contribution is -2.25. The Morgan fingerprint density at radius 2 is 1.84 bits per heavy atom. The van der Waals surface area contributed by atoms with Gasteiger partial charge < -0.3 is 14.7 Å². The Kier molecular flexibility index (Phi) is 5.42. The van der Waals surface area contributed by atoms with Crippen molar-refractivity contribution < 1.29 is 23.9 Å². The summed E-state index contributed by atoms with van der Waals surface area (Å²) in [4.78, 5) is 15.4. The summed E-state index contributed by atoms with van der Waals surface area (Å²) in [5, 5.41) is 27.1. The van der Waals surface area contributed by atoms with Crippen molar-refractivity contribution >= 4 is 28.7 Å². The van der Waals surface area contributed by atoms with E-state index in [2.05, 4.69) is 5.16 Å². The molecule has 10 heteroatoms. The van der Waals surface area contributed by atoms with Crippen LogP contribution in [-0.2, 0) is 0 Å². The van der Waals surface area contributed by atoms with E-state index < -0.39 is 4.92 Å². The van der Waals surface area contributed by atoms with Crippen LogP contribution < -0.4 is 14.4 Å². The third-order valence-electron chi connectivity index (χ3n) is 4.97. The lowest BCUT2D eigenvalue weighted by atomic mass is 10.0. The summed E-state index contributed by atoms with van der Waals surface area (Å²) in [6.45, 7) is 1.60. The number of hydrogen-bond acceptors (Lipinski definition) is 8. The fraction of sp³-hybridized carbons (Fsp3) is 0.136. The van der Waals surface area contributed by atoms with Crippen LogP contribution in [0.15, 0.2) is 47.1 Å². The molecule has 4 rings (SSSR count). The smallest absolute Gasteiger partial charge is 0.269 e. The maximum atomic E-state index is 11.8. The maximum absolute atomic E-state index is 11.8. The van der Waals surface area contributed by atoms with E-state index in [9.17, 15) is 15.3 Å². The van der Waals surface area contributed by atoms with Crippen molar-refractivity contribution in [1.29, 1.82) is 0 Å². The van der Waals surface area contributed by atoms with Crippen LogP contribution in [0.4, 0.5) is 5.69 Å². The molecule has 0 saturated carbocycles. The minimum atomic E-state index is -0.445. The van der Waals surface area contributed by atoms with Gasteiger partial charge in [0, 0.05) is 29.6 Å². The van der Waals surface area contributed by atoms with E-state index in [0.29, 0.717) is 44.3 Å². The molecule has 2 aromatic heterocycles. The molecule has 0 saturated heterocycles. The van der Waals surface area contributed by atoms with Crippen LogP contribution in [0, 0.1) is 22.2 Å². The number of ether oxygens (including phenoxy) is 2. The number of nitro benzene ring substituents is 1. The number of rotatable bonds is 6. The van der Waals surface area contributed by atoms with Crippen LogP contribution >= 0.6 is 0 Å². The molecule has 0 spiro atoms. The quantitative estimate of drug-likeness (QED) is 0.254. The van der Waals surface area contributed by atoms with E-state index in [-0.39, 0.29) is 11.4 Å². The molecule has 0 amide bonds. The predicted octanol–water partition coefficient (Wildman–Crippen LogP) is 3.93. The van der Waals surface area contributed by atoms with E-state index in [1.165, 1.54) is 26.4 Å². The summed E-state index contributed by atoms with van der Waals surface area (Å²) in [5.41, 5.74) is 3.16. The number of benzene rings is 2. The first kappa shape index (κ1) is 20.8. The Labute approximate surface area is 182 Å². The molecule has 162 valence electrons. The molecule has 0 aliphatic rings. The van der Waals surface area contributed by atoms with Gasteiger partial charge in [0.1, 0.15) is 0 Å². The van der Waals surface area contributed by atoms with Crippen molar-refractivity contribution in [3.05, 3.63) is 74.7 Å². The largest absolute Gasteiger partial charge is 0.493 e. The van der Waals surface area contributed by atoms with Crippen LogP contribution in [0.3, 0.4) is 0 Å². The zero-order chi connectivity index (χ0) is 22.8. The van der Waals surface area contributed by atoms with Crippen LogP contribution in [0.2, 0.25) is 0 Å². The number of non-ortho nitro benzene ring substituents is 1. The highest BCUT2D eigenvalue weighted by Gasteiger charge is 2.24. The maximum Gasteiger partial charge on any atom is 0.269 e. The van der Waals surface area contributed by atoms with Crippen molar-refractivity contribution in [2.24, 2.45) is 0 Å². The number of hydrogen-bond donors (Lipinski definition) is 0. The molecule has 0 bridgehead atoms. The summed E-state index contributed by atoms with van der Waals surface area (Å²) < 4.78 is 15.7. The van der Waals surface area contributed by atoms with Gasteiger partial charge in [0.05, 0.1) is 35.9 Å². The van der Waals surface area contributed by atoms with Gasteiger partial charge in [0.25, 0.3) is 11.4 Å². The molecule has 0 atom stereocenters. The van der Waals surface area contributed by atoms with Crippen molar-refractivity contribution in [3.8, 4) is 22.8 Å². The number of nitro groups is 1. The minimum absolute atomic E-state index is 0.0234. The average molecular weight is 434 g/mol. The zero-order valence-electron chi connectivity index (χ0n) is 17.4. The van der Waals surface area contributed by atoms with Gasteiger partial charge in [-0.25, -0.2) is 4.98 Å². The van der Waals surface area contributed by atoms with Gasteiger partial charge in [-0.1, -0.05) is 6.08 Å². The van der Waals surface area contributed by atoms with Crippen molar-refractivity contribution in [2.45, 2.75) is 6.92 Å². The fourth-order valence-corrected chi connectivity index (χ4v) is 3.32. The van der Waals surface area contributed by atoms with E-state index in [1.807, 2.05) is 6.07 Å². The Bertz CT molecular complexity index is 1350. The fourth-order valence-electron chi connectivity index (χ4n) is 3.32. The number of nitrogens with zero attached hydrogens (tertiary/aromatic N) is 4. The lowest BCUT2D eigenvalue weighted by molar-refractivity contribution is -0.806. The Hall–Kier alpha value is -4.47. The first-order chi connectivity index (χ1) is 15.4. The zero-order valence-corrected chi connectivity index (χ0v) is 17.4. The minimum Gasteiger partial charge on any atom is -0.493 e. The molecule has 2 heterocycles. The number of aromatic nitrogens is 3. The first-order valence-corrected chi connectivity index (χ1v) is 9.48. The van der Waals surface area contributed by atoms with Gasteiger partial charge in [-0.15, -0.1) is 0 Å². The van der Waals surface area contributed by atoms with Crippen molar-refractivity contribution in [2.75, 3.05) is 14.2 Å². The Balaban J connectivity index is 1.83. The second kappa shape index (κ2) is 8.34. The van der Waals surface area contributed by atoms with E-state index in [4.69, 9.17) is 19.1 Å². The molecule has 32 heavy (non-hydrogen) atoms. The molecule has 0 unspecified atom stereocenters. The van der Waals surface area contributed by atoms with Crippen LogP contribution in [-0.4, -0.2) is 29.3 Å². The van der Waals surface area contributed by atoms with E-state index in [1.54, 1.807) is 43.3 Å². The molecular formula is C22H18N4O6. The molecule has 4 aromatic rings. The van der Waals surface area contributed by atoms with E-state index in [0.717, 1.165) is 5.56 Å². The van der Waals surface area contributed by atoms with Gasteiger partial charge in [0.2, 0.25) is 5.69 Å². The molecule has 0 N–H and O–H groups in total. The van der Waals surface area contributed by atoms with Gasteiger partial charge in [-0.05, 0) is 46.9 Å². The van der Waals surface area contributed by atoms with Crippen LogP contribution in [0.5, 0.6) is 11.5 Å². The number of methoxy groups -OCH3 is 2. The summed E-state index contributed by atoms with van der Waals surface area (Å²) >= 11 is 0. The van der Waals surface area contributed by atoms with Gasteiger partial charge in [-0.3, -0.25) is 14.7 Å². The number of pyridine rings is 1. The van der Waals surface area contributed by atoms with Crippen molar-refractivity contribution in [1.82, 2.24) is 10.1 Å². The topological polar surface area (TPSA) is 127 Å². The molecule has 0 aliphatic carbocycles. The first-order valence-electron chi connectivity index (χ1n) is 9.48. The third-order valence-corrected chi connectivity index (χ3v) is 4.97. The van der Waals surface area contributed by atoms with Crippen molar-refractivity contribution in [3.63, 3.8) is 0 Å². The predicted molar refractivity (Wildman–Crippen MR) is 116 cm³/mol. The molecule has 10 nitrogen and oxygen atoms in total. The van der Waals surface area contributed by atoms with Gasteiger partial charge in [-0.2, -0.15) is 0 Å². The molecule has 0 fully saturated rings. The second-order valence-electron chi connectivity index (χ2n) is 6.84. The Morgan fingerprint density at radius 1 is 1.09 bits per heavy atom. The summed E-state index contributed by atoms with van der Waals surface area (Å²) in [5.74, 6) is 0.964. The molecule has 2 aromatic carbocycles. The SMILES string of the molecule is COc1cc(-c2no[n+]([O-])c2C)c2nc(/C=C/c3ccc([N+](=O)[O-])cc3)ccc2c1OC. The highest BCUT2D eigenvalue weighted by Crippen LogP contribution is 2.41. The molecule has 0 aliphatic heterocycles. The normalized spacial score (nSPS) is 11.2. The summed E-state index contributed by atoms with van der Waals surface area (Å²) in [7, 11) is 3.05. The van der Waals surface area contributed by atoms with Gasteiger partial charge >= 0.3 is 0 Å². The van der Waals surface area contributed by atoms with Crippen LogP contribution in [0.1, 0.15) is 17.0 Å². The third kappa shape index (κ3) is 3.69. The number of fused-ring (bicyclic) bond motifs is 1. The Morgan fingerprint density at radius 3 is 2.44 bits per heavy atom.